The lowest BCUT2D eigenvalue weighted by Crippen LogP contribution is -2.62. The van der Waals surface area contributed by atoms with E-state index in [-0.39, 0.29) is 0 Å². The number of hydrogen-bond acceptors (Lipinski definition) is 0. The highest BCUT2D eigenvalue weighted by Crippen LogP contribution is 2.77. The van der Waals surface area contributed by atoms with Gasteiger partial charge < -0.3 is 0 Å². The minimum atomic E-state index is 0.819. The van der Waals surface area contributed by atoms with Crippen LogP contribution in [0.2, 0.25) is 0 Å². The third-order valence-electron chi connectivity index (χ3n) is 12.8. The average Bonchev–Trinajstić information content (AvgIpc) is 3.19. The molecule has 0 amide bonds. The fourth-order valence-electron chi connectivity index (χ4n) is 13.7. The van der Waals surface area contributed by atoms with Crippen molar-refractivity contribution < 1.29 is 0 Å². The van der Waals surface area contributed by atoms with E-state index in [0.29, 0.717) is 0 Å². The summed E-state index contributed by atoms with van der Waals surface area (Å²) >= 11 is 0. The molecule has 0 aromatic rings. The minimum absolute atomic E-state index is 0.819. The van der Waals surface area contributed by atoms with E-state index >= 15 is 0 Å². The zero-order valence-corrected chi connectivity index (χ0v) is 18.1. The molecular weight excluding hydrogens is 336 g/mol. The number of hydrogen-bond donors (Lipinski definition) is 0. The van der Waals surface area contributed by atoms with E-state index in [1.165, 1.54) is 5.92 Å². The zero-order valence-electron chi connectivity index (χ0n) is 18.1. The van der Waals surface area contributed by atoms with Gasteiger partial charge in [-0.05, 0) is 173 Å². The van der Waals surface area contributed by atoms with Gasteiger partial charge >= 0.3 is 0 Å². The van der Waals surface area contributed by atoms with Gasteiger partial charge in [0.25, 0.3) is 0 Å². The van der Waals surface area contributed by atoms with Crippen molar-refractivity contribution in [1.82, 2.24) is 0 Å². The van der Waals surface area contributed by atoms with Crippen LogP contribution < -0.4 is 0 Å². The summed E-state index contributed by atoms with van der Waals surface area (Å²) in [6.45, 7) is 0. The Kier molecular flexibility index (Phi) is 3.12. The molecule has 0 nitrogen and oxygen atoms in total. The van der Waals surface area contributed by atoms with E-state index in [0.717, 1.165) is 57.7 Å². The molecular formula is C28H42. The topological polar surface area (TPSA) is 0 Å². The first-order chi connectivity index (χ1) is 13.6. The standard InChI is InChI=1S/C28H42/c1-3-26(4-2-18(1)11-26)25(27-12-19-5-20(13-27)7-21(6-19)14-27)28-15-22-8-23(16-28)10-24(9-22)17-28/h18-25H,1-17H2. The van der Waals surface area contributed by atoms with Crippen molar-refractivity contribution in [2.75, 3.05) is 0 Å². The largest absolute Gasteiger partial charge is 0.0499 e. The van der Waals surface area contributed by atoms with Crippen LogP contribution in [0.15, 0.2) is 0 Å². The van der Waals surface area contributed by atoms with Crippen molar-refractivity contribution in [2.24, 2.45) is 63.6 Å². The van der Waals surface area contributed by atoms with Crippen LogP contribution in [0.1, 0.15) is 109 Å². The molecule has 10 fully saturated rings. The average molecular weight is 379 g/mol. The molecule has 10 saturated carbocycles. The lowest BCUT2D eigenvalue weighted by atomic mass is 9.34. The highest BCUT2D eigenvalue weighted by atomic mass is 14.7. The van der Waals surface area contributed by atoms with Gasteiger partial charge in [-0.1, -0.05) is 0 Å². The molecule has 0 heterocycles. The lowest BCUT2D eigenvalue weighted by molar-refractivity contribution is -0.209. The van der Waals surface area contributed by atoms with Crippen molar-refractivity contribution >= 4 is 0 Å². The van der Waals surface area contributed by atoms with Crippen molar-refractivity contribution in [2.45, 2.75) is 109 Å². The summed E-state index contributed by atoms with van der Waals surface area (Å²) in [4.78, 5) is 0. The monoisotopic (exact) mass is 378 g/mol. The predicted molar refractivity (Wildman–Crippen MR) is 114 cm³/mol. The molecule has 10 aliphatic rings. The quantitative estimate of drug-likeness (QED) is 0.474. The normalized spacial score (nSPS) is 64.1. The SMILES string of the molecule is C1CC2(C(C34CC5CC(CC(C5)C3)C4)C34CC5CC(CC(C5)C3)C4)CCC1C2. The molecule has 0 atom stereocenters. The van der Waals surface area contributed by atoms with E-state index in [2.05, 4.69) is 0 Å². The Morgan fingerprint density at radius 3 is 1.00 bits per heavy atom. The van der Waals surface area contributed by atoms with Crippen molar-refractivity contribution in [3.63, 3.8) is 0 Å². The molecule has 0 aliphatic heterocycles. The van der Waals surface area contributed by atoms with Gasteiger partial charge in [0.15, 0.2) is 0 Å². The summed E-state index contributed by atoms with van der Waals surface area (Å²) in [6.07, 6.45) is 28.2. The first kappa shape index (κ1) is 16.7. The fraction of sp³-hybridized carbons (Fsp3) is 1.00. The van der Waals surface area contributed by atoms with Crippen molar-refractivity contribution in [3.05, 3.63) is 0 Å². The Balaban J connectivity index is 1.28. The van der Waals surface area contributed by atoms with Gasteiger partial charge in [0.05, 0.1) is 0 Å². The van der Waals surface area contributed by atoms with Gasteiger partial charge in [-0.3, -0.25) is 0 Å². The van der Waals surface area contributed by atoms with E-state index < -0.39 is 0 Å². The fourth-order valence-corrected chi connectivity index (χ4v) is 13.7. The van der Waals surface area contributed by atoms with Crippen molar-refractivity contribution in [3.8, 4) is 0 Å². The zero-order chi connectivity index (χ0) is 18.1. The Labute approximate surface area is 173 Å². The summed E-state index contributed by atoms with van der Waals surface area (Å²) < 4.78 is 0. The maximum Gasteiger partial charge on any atom is -0.0243 e. The maximum atomic E-state index is 1.69. The molecule has 154 valence electrons. The first-order valence-electron chi connectivity index (χ1n) is 13.6. The summed E-state index contributed by atoms with van der Waals surface area (Å²) in [5.41, 5.74) is 2.46. The van der Waals surface area contributed by atoms with Crippen LogP contribution in [0.3, 0.4) is 0 Å². The number of rotatable bonds is 3. The Morgan fingerprint density at radius 1 is 0.393 bits per heavy atom. The minimum Gasteiger partial charge on any atom is -0.0499 e. The van der Waals surface area contributed by atoms with Crippen LogP contribution in [0, 0.1) is 63.6 Å². The van der Waals surface area contributed by atoms with E-state index in [9.17, 15) is 0 Å². The van der Waals surface area contributed by atoms with Gasteiger partial charge in [-0.2, -0.15) is 0 Å². The Hall–Kier alpha value is 0. The van der Waals surface area contributed by atoms with Crippen LogP contribution in [-0.4, -0.2) is 0 Å². The smallest absolute Gasteiger partial charge is 0.0243 e. The van der Waals surface area contributed by atoms with Gasteiger partial charge in [0.1, 0.15) is 0 Å². The van der Waals surface area contributed by atoms with Crippen LogP contribution in [0.25, 0.3) is 0 Å². The second-order valence-electron chi connectivity index (χ2n) is 14.5. The third kappa shape index (κ3) is 2.05. The summed E-state index contributed by atoms with van der Waals surface area (Å²) in [5.74, 6) is 9.22. The molecule has 10 rings (SSSR count). The van der Waals surface area contributed by atoms with E-state index in [1.807, 2.05) is 0 Å². The van der Waals surface area contributed by atoms with Crippen LogP contribution in [0.4, 0.5) is 0 Å². The summed E-state index contributed by atoms with van der Waals surface area (Å²) in [7, 11) is 0. The van der Waals surface area contributed by atoms with Crippen LogP contribution in [-0.2, 0) is 0 Å². The Morgan fingerprint density at radius 2 is 0.714 bits per heavy atom. The highest BCUT2D eigenvalue weighted by Gasteiger charge is 2.68. The van der Waals surface area contributed by atoms with E-state index in [1.54, 1.807) is 109 Å². The highest BCUT2D eigenvalue weighted by molar-refractivity contribution is 5.18. The number of fused-ring (bicyclic) bond motifs is 2. The van der Waals surface area contributed by atoms with Gasteiger partial charge in [0.2, 0.25) is 0 Å². The molecule has 0 spiro atoms. The van der Waals surface area contributed by atoms with Crippen molar-refractivity contribution in [1.29, 1.82) is 0 Å². The second kappa shape index (κ2) is 5.24. The molecule has 0 unspecified atom stereocenters. The van der Waals surface area contributed by atoms with Crippen LogP contribution >= 0.6 is 0 Å². The molecule has 10 aliphatic carbocycles. The molecule has 0 N–H and O–H groups in total. The molecule has 0 heteroatoms. The molecule has 10 bridgehead atoms. The molecule has 28 heavy (non-hydrogen) atoms. The molecule has 0 saturated heterocycles. The summed E-state index contributed by atoms with van der Waals surface area (Å²) in [5, 5.41) is 0. The molecule has 0 aromatic heterocycles. The van der Waals surface area contributed by atoms with Gasteiger partial charge in [-0.25, -0.2) is 0 Å². The first-order valence-corrected chi connectivity index (χ1v) is 13.6. The van der Waals surface area contributed by atoms with Gasteiger partial charge in [-0.15, -0.1) is 0 Å². The summed E-state index contributed by atoms with van der Waals surface area (Å²) in [6, 6.07) is 0. The van der Waals surface area contributed by atoms with E-state index in [4.69, 9.17) is 0 Å². The second-order valence-corrected chi connectivity index (χ2v) is 14.5. The molecule has 0 radical (unpaired) electrons. The predicted octanol–water partition coefficient (Wildman–Crippen LogP) is 7.62. The van der Waals surface area contributed by atoms with Gasteiger partial charge in [0, 0.05) is 0 Å². The van der Waals surface area contributed by atoms with Crippen LogP contribution in [0.5, 0.6) is 0 Å². The third-order valence-corrected chi connectivity index (χ3v) is 12.8. The lowest BCUT2D eigenvalue weighted by Gasteiger charge is -2.70. The Bertz CT molecular complexity index is 562. The maximum absolute atomic E-state index is 1.69. The molecule has 0 aromatic carbocycles.